The zero-order valence-corrected chi connectivity index (χ0v) is 14.4. The third kappa shape index (κ3) is 3.73. The number of halogens is 1. The van der Waals surface area contributed by atoms with Gasteiger partial charge in [-0.2, -0.15) is 11.3 Å². The number of ether oxygens (including phenoxy) is 2. The molecule has 0 aliphatic carbocycles. The largest absolute Gasteiger partial charge is 0.493 e. The SMILES string of the molecule is COc1ccc(CNCC(C)(O)c2ccsc2)c(Cl)c1OC. The van der Waals surface area contributed by atoms with Crippen LogP contribution in [-0.4, -0.2) is 25.9 Å². The van der Waals surface area contributed by atoms with E-state index in [-0.39, 0.29) is 0 Å². The predicted molar refractivity (Wildman–Crippen MR) is 90.2 cm³/mol. The molecule has 4 nitrogen and oxygen atoms in total. The van der Waals surface area contributed by atoms with Crippen molar-refractivity contribution in [2.75, 3.05) is 20.8 Å². The fraction of sp³-hybridized carbons (Fsp3) is 0.375. The summed E-state index contributed by atoms with van der Waals surface area (Å²) in [6.07, 6.45) is 0. The molecule has 2 N–H and O–H groups in total. The summed E-state index contributed by atoms with van der Waals surface area (Å²) in [5, 5.41) is 18.1. The molecule has 1 aromatic carbocycles. The summed E-state index contributed by atoms with van der Waals surface area (Å²) in [7, 11) is 3.13. The molecule has 0 amide bonds. The van der Waals surface area contributed by atoms with E-state index in [0.717, 1.165) is 11.1 Å². The van der Waals surface area contributed by atoms with Gasteiger partial charge in [0.05, 0.1) is 24.8 Å². The third-order valence-electron chi connectivity index (χ3n) is 3.49. The lowest BCUT2D eigenvalue weighted by atomic mass is 9.99. The van der Waals surface area contributed by atoms with E-state index in [9.17, 15) is 5.11 Å². The van der Waals surface area contributed by atoms with E-state index < -0.39 is 5.60 Å². The Kier molecular flexibility index (Phi) is 5.69. The number of hydrogen-bond donors (Lipinski definition) is 2. The molecular formula is C16H20ClNO3S. The molecule has 6 heteroatoms. The van der Waals surface area contributed by atoms with E-state index in [2.05, 4.69) is 5.32 Å². The summed E-state index contributed by atoms with van der Waals surface area (Å²) in [5.74, 6) is 1.12. The van der Waals surface area contributed by atoms with Gasteiger partial charge in [0.2, 0.25) is 0 Å². The van der Waals surface area contributed by atoms with Crippen molar-refractivity contribution in [1.82, 2.24) is 5.32 Å². The molecule has 2 rings (SSSR count). The molecule has 1 aromatic heterocycles. The van der Waals surface area contributed by atoms with Crippen LogP contribution in [0.1, 0.15) is 18.1 Å². The Morgan fingerprint density at radius 1 is 1.27 bits per heavy atom. The monoisotopic (exact) mass is 341 g/mol. The first-order valence-electron chi connectivity index (χ1n) is 6.84. The van der Waals surface area contributed by atoms with Crippen LogP contribution >= 0.6 is 22.9 Å². The Morgan fingerprint density at radius 2 is 2.05 bits per heavy atom. The maximum atomic E-state index is 10.5. The summed E-state index contributed by atoms with van der Waals surface area (Å²) in [6.45, 7) is 2.74. The molecule has 2 aromatic rings. The van der Waals surface area contributed by atoms with E-state index in [0.29, 0.717) is 29.6 Å². The van der Waals surface area contributed by atoms with Gasteiger partial charge in [-0.15, -0.1) is 0 Å². The first kappa shape index (κ1) is 17.1. The highest BCUT2D eigenvalue weighted by Crippen LogP contribution is 2.37. The molecule has 0 spiro atoms. The molecule has 120 valence electrons. The van der Waals surface area contributed by atoms with E-state index in [1.54, 1.807) is 32.5 Å². The van der Waals surface area contributed by atoms with Gasteiger partial charge < -0.3 is 19.9 Å². The molecule has 0 radical (unpaired) electrons. The minimum absolute atomic E-state index is 0.425. The zero-order valence-electron chi connectivity index (χ0n) is 12.9. The van der Waals surface area contributed by atoms with Gasteiger partial charge in [-0.1, -0.05) is 17.7 Å². The van der Waals surface area contributed by atoms with Crippen LogP contribution in [0.3, 0.4) is 0 Å². The summed E-state index contributed by atoms with van der Waals surface area (Å²) in [4.78, 5) is 0. The number of nitrogens with one attached hydrogen (secondary N) is 1. The van der Waals surface area contributed by atoms with E-state index in [1.807, 2.05) is 29.0 Å². The smallest absolute Gasteiger partial charge is 0.179 e. The quantitative estimate of drug-likeness (QED) is 0.810. The van der Waals surface area contributed by atoms with Crippen molar-refractivity contribution in [3.63, 3.8) is 0 Å². The Bertz CT molecular complexity index is 614. The van der Waals surface area contributed by atoms with Crippen molar-refractivity contribution in [2.45, 2.75) is 19.1 Å². The minimum Gasteiger partial charge on any atom is -0.493 e. The number of rotatable bonds is 7. The second kappa shape index (κ2) is 7.33. The van der Waals surface area contributed by atoms with Crippen LogP contribution in [0.2, 0.25) is 5.02 Å². The number of benzene rings is 1. The maximum absolute atomic E-state index is 10.5. The highest BCUT2D eigenvalue weighted by atomic mass is 35.5. The van der Waals surface area contributed by atoms with Gasteiger partial charge in [-0.05, 0) is 40.9 Å². The van der Waals surface area contributed by atoms with Gasteiger partial charge in [-0.3, -0.25) is 0 Å². The summed E-state index contributed by atoms with van der Waals surface area (Å²) in [5.41, 5.74) is 0.882. The van der Waals surface area contributed by atoms with Gasteiger partial charge in [-0.25, -0.2) is 0 Å². The van der Waals surface area contributed by atoms with Crippen LogP contribution in [0.5, 0.6) is 11.5 Å². The molecule has 0 aliphatic heterocycles. The predicted octanol–water partition coefficient (Wildman–Crippen LogP) is 3.42. The fourth-order valence-electron chi connectivity index (χ4n) is 2.18. The topological polar surface area (TPSA) is 50.7 Å². The molecule has 1 heterocycles. The number of aliphatic hydroxyl groups is 1. The van der Waals surface area contributed by atoms with E-state index >= 15 is 0 Å². The molecule has 22 heavy (non-hydrogen) atoms. The first-order valence-corrected chi connectivity index (χ1v) is 8.17. The molecule has 0 bridgehead atoms. The lowest BCUT2D eigenvalue weighted by molar-refractivity contribution is 0.0571. The Hall–Kier alpha value is -1.27. The van der Waals surface area contributed by atoms with Gasteiger partial charge in [0.15, 0.2) is 11.5 Å². The molecule has 0 saturated carbocycles. The molecule has 1 atom stereocenters. The number of hydrogen-bond acceptors (Lipinski definition) is 5. The van der Waals surface area contributed by atoms with Crippen LogP contribution < -0.4 is 14.8 Å². The normalized spacial score (nSPS) is 13.7. The van der Waals surface area contributed by atoms with Crippen molar-refractivity contribution < 1.29 is 14.6 Å². The second-order valence-electron chi connectivity index (χ2n) is 5.16. The van der Waals surface area contributed by atoms with Gasteiger partial charge in [0, 0.05) is 13.1 Å². The van der Waals surface area contributed by atoms with Gasteiger partial charge >= 0.3 is 0 Å². The first-order chi connectivity index (χ1) is 10.5. The van der Waals surface area contributed by atoms with Crippen LogP contribution in [-0.2, 0) is 12.1 Å². The van der Waals surface area contributed by atoms with E-state index in [4.69, 9.17) is 21.1 Å². The fourth-order valence-corrected chi connectivity index (χ4v) is 3.26. The average Bonchev–Trinajstić information content (AvgIpc) is 3.03. The number of thiophene rings is 1. The zero-order chi connectivity index (χ0) is 16.2. The van der Waals surface area contributed by atoms with Crippen molar-refractivity contribution in [3.05, 3.63) is 45.1 Å². The second-order valence-corrected chi connectivity index (χ2v) is 6.32. The Labute approximate surface area is 139 Å². The highest BCUT2D eigenvalue weighted by molar-refractivity contribution is 7.08. The van der Waals surface area contributed by atoms with Crippen molar-refractivity contribution in [3.8, 4) is 11.5 Å². The number of methoxy groups -OCH3 is 2. The minimum atomic E-state index is -0.914. The van der Waals surface area contributed by atoms with Gasteiger partial charge in [0.1, 0.15) is 0 Å². The van der Waals surface area contributed by atoms with Crippen LogP contribution in [0.15, 0.2) is 29.0 Å². The molecule has 0 fully saturated rings. The van der Waals surface area contributed by atoms with Crippen molar-refractivity contribution in [2.24, 2.45) is 0 Å². The van der Waals surface area contributed by atoms with E-state index in [1.165, 1.54) is 0 Å². The molecule has 1 unspecified atom stereocenters. The lowest BCUT2D eigenvalue weighted by Gasteiger charge is -2.23. The molecule has 0 aliphatic rings. The Balaban J connectivity index is 2.03. The summed E-state index contributed by atoms with van der Waals surface area (Å²) >= 11 is 7.91. The van der Waals surface area contributed by atoms with Crippen LogP contribution in [0, 0.1) is 0 Å². The lowest BCUT2D eigenvalue weighted by Crippen LogP contribution is -2.34. The van der Waals surface area contributed by atoms with Crippen molar-refractivity contribution >= 4 is 22.9 Å². The summed E-state index contributed by atoms with van der Waals surface area (Å²) < 4.78 is 10.5. The standard InChI is InChI=1S/C16H20ClNO3S/c1-16(19,12-6-7-22-9-12)10-18-8-11-4-5-13(20-2)15(21-3)14(11)17/h4-7,9,18-19H,8,10H2,1-3H3. The van der Waals surface area contributed by atoms with Gasteiger partial charge in [0.25, 0.3) is 0 Å². The maximum Gasteiger partial charge on any atom is 0.179 e. The molecular weight excluding hydrogens is 322 g/mol. The molecule has 0 saturated heterocycles. The van der Waals surface area contributed by atoms with Crippen LogP contribution in [0.4, 0.5) is 0 Å². The average molecular weight is 342 g/mol. The summed E-state index contributed by atoms with van der Waals surface area (Å²) in [6, 6.07) is 5.63. The third-order valence-corrected chi connectivity index (χ3v) is 4.59. The highest BCUT2D eigenvalue weighted by Gasteiger charge is 2.23. The van der Waals surface area contributed by atoms with Crippen LogP contribution in [0.25, 0.3) is 0 Å². The van der Waals surface area contributed by atoms with Crippen molar-refractivity contribution in [1.29, 1.82) is 0 Å². The Morgan fingerprint density at radius 3 is 2.64 bits per heavy atom.